The number of halogens is 1. The Bertz CT molecular complexity index is 624. The predicted molar refractivity (Wildman–Crippen MR) is 73.3 cm³/mol. The molecule has 1 unspecified atom stereocenters. The zero-order valence-corrected chi connectivity index (χ0v) is 11.2. The van der Waals surface area contributed by atoms with E-state index in [1.54, 1.807) is 15.5 Å². The lowest BCUT2D eigenvalue weighted by atomic mass is 10.1. The van der Waals surface area contributed by atoms with Gasteiger partial charge in [-0.25, -0.2) is 4.98 Å². The zero-order chi connectivity index (χ0) is 13.4. The number of likely N-dealkylation sites (tertiary alicyclic amines) is 1. The molecule has 6 heteroatoms. The van der Waals surface area contributed by atoms with Crippen LogP contribution in [0.5, 0.6) is 0 Å². The van der Waals surface area contributed by atoms with E-state index in [2.05, 4.69) is 4.98 Å². The van der Waals surface area contributed by atoms with Crippen LogP contribution in [0, 0.1) is 5.92 Å². The van der Waals surface area contributed by atoms with Gasteiger partial charge in [-0.1, -0.05) is 17.7 Å². The van der Waals surface area contributed by atoms with E-state index in [4.69, 9.17) is 17.3 Å². The van der Waals surface area contributed by atoms with Crippen LogP contribution in [-0.4, -0.2) is 39.8 Å². The SMILES string of the molecule is NCC1CCN(C(=O)c2c(Cl)nc3ccccn23)C1. The Balaban J connectivity index is 1.96. The minimum absolute atomic E-state index is 0.0698. The molecule has 19 heavy (non-hydrogen) atoms. The summed E-state index contributed by atoms with van der Waals surface area (Å²) < 4.78 is 1.74. The fourth-order valence-corrected chi connectivity index (χ4v) is 2.78. The summed E-state index contributed by atoms with van der Waals surface area (Å²) in [6, 6.07) is 5.55. The second kappa shape index (κ2) is 4.83. The summed E-state index contributed by atoms with van der Waals surface area (Å²) in [5.74, 6) is 0.321. The van der Waals surface area contributed by atoms with E-state index in [1.807, 2.05) is 18.2 Å². The molecule has 2 aromatic heterocycles. The Morgan fingerprint density at radius 2 is 2.37 bits per heavy atom. The summed E-state index contributed by atoms with van der Waals surface area (Å²) in [5, 5.41) is 0.257. The van der Waals surface area contributed by atoms with Gasteiger partial charge in [0.1, 0.15) is 5.65 Å². The molecular formula is C13H15ClN4O. The molecule has 1 atom stereocenters. The summed E-state index contributed by atoms with van der Waals surface area (Å²) in [6.45, 7) is 2.05. The molecular weight excluding hydrogens is 264 g/mol. The van der Waals surface area contributed by atoms with Crippen LogP contribution in [0.2, 0.25) is 5.15 Å². The van der Waals surface area contributed by atoms with Gasteiger partial charge in [-0.2, -0.15) is 0 Å². The van der Waals surface area contributed by atoms with Crippen LogP contribution in [0.25, 0.3) is 5.65 Å². The number of carbonyl (C=O) groups excluding carboxylic acids is 1. The van der Waals surface area contributed by atoms with Crippen LogP contribution < -0.4 is 5.73 Å². The number of amides is 1. The number of fused-ring (bicyclic) bond motifs is 1. The molecule has 1 saturated heterocycles. The van der Waals surface area contributed by atoms with Crippen LogP contribution >= 0.6 is 11.6 Å². The van der Waals surface area contributed by atoms with Crippen molar-refractivity contribution in [1.82, 2.24) is 14.3 Å². The average Bonchev–Trinajstić information content (AvgIpc) is 3.01. The molecule has 3 heterocycles. The Labute approximate surface area is 116 Å². The lowest BCUT2D eigenvalue weighted by molar-refractivity contribution is 0.0781. The fraction of sp³-hybridized carbons (Fsp3) is 0.385. The number of nitrogens with two attached hydrogens (primary N) is 1. The van der Waals surface area contributed by atoms with E-state index < -0.39 is 0 Å². The Kier molecular flexibility index (Phi) is 3.16. The van der Waals surface area contributed by atoms with Crippen LogP contribution in [0.3, 0.4) is 0 Å². The van der Waals surface area contributed by atoms with Gasteiger partial charge in [0.2, 0.25) is 0 Å². The van der Waals surface area contributed by atoms with E-state index in [1.165, 1.54) is 0 Å². The summed E-state index contributed by atoms with van der Waals surface area (Å²) in [6.07, 6.45) is 2.76. The van der Waals surface area contributed by atoms with Gasteiger partial charge in [-0.15, -0.1) is 0 Å². The third-order valence-corrected chi connectivity index (χ3v) is 3.86. The highest BCUT2D eigenvalue weighted by atomic mass is 35.5. The van der Waals surface area contributed by atoms with Crippen molar-refractivity contribution < 1.29 is 4.79 Å². The average molecular weight is 279 g/mol. The first-order valence-corrected chi connectivity index (χ1v) is 6.70. The first-order valence-electron chi connectivity index (χ1n) is 6.32. The van der Waals surface area contributed by atoms with Gasteiger partial charge in [0.05, 0.1) is 0 Å². The summed E-state index contributed by atoms with van der Waals surface area (Å²) in [7, 11) is 0. The molecule has 5 nitrogen and oxygen atoms in total. The predicted octanol–water partition coefficient (Wildman–Crippen LogP) is 1.41. The van der Waals surface area contributed by atoms with Gasteiger partial charge in [0, 0.05) is 19.3 Å². The maximum atomic E-state index is 12.5. The Morgan fingerprint density at radius 3 is 3.11 bits per heavy atom. The van der Waals surface area contributed by atoms with E-state index in [0.29, 0.717) is 30.3 Å². The van der Waals surface area contributed by atoms with Crippen LogP contribution in [0.4, 0.5) is 0 Å². The minimum Gasteiger partial charge on any atom is -0.337 e. The highest BCUT2D eigenvalue weighted by molar-refractivity contribution is 6.32. The van der Waals surface area contributed by atoms with Crippen molar-refractivity contribution >= 4 is 23.2 Å². The molecule has 1 fully saturated rings. The van der Waals surface area contributed by atoms with Gasteiger partial charge in [-0.3, -0.25) is 9.20 Å². The molecule has 100 valence electrons. The van der Waals surface area contributed by atoms with Crippen molar-refractivity contribution in [1.29, 1.82) is 0 Å². The molecule has 3 rings (SSSR count). The van der Waals surface area contributed by atoms with Gasteiger partial charge < -0.3 is 10.6 Å². The maximum Gasteiger partial charge on any atom is 0.274 e. The first-order chi connectivity index (χ1) is 9.20. The van der Waals surface area contributed by atoms with Crippen molar-refractivity contribution in [3.63, 3.8) is 0 Å². The number of pyridine rings is 1. The fourth-order valence-electron chi connectivity index (χ4n) is 2.52. The molecule has 1 aliphatic rings. The Hall–Kier alpha value is -1.59. The second-order valence-corrected chi connectivity index (χ2v) is 5.18. The van der Waals surface area contributed by atoms with Gasteiger partial charge >= 0.3 is 0 Å². The first kappa shape index (κ1) is 12.4. The molecule has 0 aromatic carbocycles. The number of rotatable bonds is 2. The molecule has 0 aliphatic carbocycles. The molecule has 1 aliphatic heterocycles. The molecule has 2 N–H and O–H groups in total. The molecule has 1 amide bonds. The van der Waals surface area contributed by atoms with Gasteiger partial charge in [0.25, 0.3) is 5.91 Å². The number of carbonyl (C=O) groups is 1. The maximum absolute atomic E-state index is 12.5. The monoisotopic (exact) mass is 278 g/mol. The number of hydrogen-bond donors (Lipinski definition) is 1. The normalized spacial score (nSPS) is 19.3. The molecule has 0 saturated carbocycles. The summed E-state index contributed by atoms with van der Waals surface area (Å²) in [5.41, 5.74) is 6.78. The van der Waals surface area contributed by atoms with E-state index in [0.717, 1.165) is 13.0 Å². The van der Waals surface area contributed by atoms with E-state index in [-0.39, 0.29) is 11.1 Å². The van der Waals surface area contributed by atoms with Crippen molar-refractivity contribution in [3.8, 4) is 0 Å². The quantitative estimate of drug-likeness (QED) is 0.903. The smallest absolute Gasteiger partial charge is 0.274 e. The van der Waals surface area contributed by atoms with Crippen LogP contribution in [0.1, 0.15) is 16.9 Å². The lowest BCUT2D eigenvalue weighted by Gasteiger charge is -2.16. The third-order valence-electron chi connectivity index (χ3n) is 3.60. The van der Waals surface area contributed by atoms with Crippen LogP contribution in [0.15, 0.2) is 24.4 Å². The number of hydrogen-bond acceptors (Lipinski definition) is 3. The second-order valence-electron chi connectivity index (χ2n) is 4.82. The topological polar surface area (TPSA) is 63.6 Å². The van der Waals surface area contributed by atoms with E-state index >= 15 is 0 Å². The highest BCUT2D eigenvalue weighted by Gasteiger charge is 2.29. The van der Waals surface area contributed by atoms with Gasteiger partial charge in [0.15, 0.2) is 10.8 Å². The Morgan fingerprint density at radius 1 is 1.53 bits per heavy atom. The van der Waals surface area contributed by atoms with Crippen molar-refractivity contribution in [2.45, 2.75) is 6.42 Å². The van der Waals surface area contributed by atoms with Crippen molar-refractivity contribution in [2.75, 3.05) is 19.6 Å². The lowest BCUT2D eigenvalue weighted by Crippen LogP contribution is -2.30. The standard InChI is InChI=1S/C13H15ClN4O/c14-12-11(18-5-2-1-3-10(18)16-12)13(19)17-6-4-9(7-15)8-17/h1-3,5,9H,4,6-8,15H2. The molecule has 0 spiro atoms. The number of nitrogens with zero attached hydrogens (tertiary/aromatic N) is 3. The molecule has 2 aromatic rings. The third kappa shape index (κ3) is 2.09. The minimum atomic E-state index is -0.0698. The number of imidazole rings is 1. The molecule has 0 bridgehead atoms. The summed E-state index contributed by atoms with van der Waals surface area (Å²) >= 11 is 6.11. The van der Waals surface area contributed by atoms with Crippen molar-refractivity contribution in [3.05, 3.63) is 35.2 Å². The number of aromatic nitrogens is 2. The van der Waals surface area contributed by atoms with E-state index in [9.17, 15) is 4.79 Å². The largest absolute Gasteiger partial charge is 0.337 e. The molecule has 0 radical (unpaired) electrons. The highest BCUT2D eigenvalue weighted by Crippen LogP contribution is 2.23. The summed E-state index contributed by atoms with van der Waals surface area (Å²) in [4.78, 5) is 18.6. The van der Waals surface area contributed by atoms with Gasteiger partial charge in [-0.05, 0) is 31.0 Å². The zero-order valence-electron chi connectivity index (χ0n) is 10.4. The van der Waals surface area contributed by atoms with Crippen molar-refractivity contribution in [2.24, 2.45) is 11.7 Å². The van der Waals surface area contributed by atoms with Crippen LogP contribution in [-0.2, 0) is 0 Å².